The van der Waals surface area contributed by atoms with Crippen molar-refractivity contribution < 1.29 is 9.90 Å². The molecule has 0 radical (unpaired) electrons. The largest absolute Gasteiger partial charge is 0.481 e. The fraction of sp³-hybridized carbons (Fsp3) is 0.400. The van der Waals surface area contributed by atoms with E-state index in [2.05, 4.69) is 43.5 Å². The Kier molecular flexibility index (Phi) is 3.30. The van der Waals surface area contributed by atoms with Crippen molar-refractivity contribution in [3.63, 3.8) is 0 Å². The number of carbonyl (C=O) groups is 1. The van der Waals surface area contributed by atoms with Crippen LogP contribution in [0.4, 0.5) is 0 Å². The molecule has 0 spiro atoms. The maximum atomic E-state index is 10.7. The van der Waals surface area contributed by atoms with Crippen LogP contribution in [0.15, 0.2) is 16.9 Å². The molecule has 0 bridgehead atoms. The zero-order chi connectivity index (χ0) is 11.0. The number of hydrogen-bond donors (Lipinski definition) is 1. The van der Waals surface area contributed by atoms with E-state index in [-0.39, 0.29) is 5.92 Å². The molecular weight excluding hydrogens is 373 g/mol. The molecule has 3 nitrogen and oxygen atoms in total. The fourth-order valence-electron chi connectivity index (χ4n) is 1.87. The highest BCUT2D eigenvalue weighted by Crippen LogP contribution is 2.45. The minimum atomic E-state index is -0.675. The zero-order valence-electron chi connectivity index (χ0n) is 7.78. The van der Waals surface area contributed by atoms with Gasteiger partial charge in [-0.1, -0.05) is 0 Å². The SMILES string of the molecule is O=C(O)C1CC(c2c(Br)cncc2I)C1. The summed E-state index contributed by atoms with van der Waals surface area (Å²) in [5.74, 6) is -0.465. The van der Waals surface area contributed by atoms with Gasteiger partial charge in [0.25, 0.3) is 0 Å². The number of carboxylic acids is 1. The molecule has 80 valence electrons. The third-order valence-corrected chi connectivity index (χ3v) is 4.28. The van der Waals surface area contributed by atoms with Crippen molar-refractivity contribution in [3.8, 4) is 0 Å². The zero-order valence-corrected chi connectivity index (χ0v) is 11.5. The standard InChI is InChI=1S/C10H9BrINO2/c11-7-3-13-4-8(12)9(7)5-1-6(2-5)10(14)15/h3-6H,1-2H2,(H,14,15). The molecule has 1 aliphatic carbocycles. The molecule has 1 heterocycles. The van der Waals surface area contributed by atoms with Crippen molar-refractivity contribution in [1.82, 2.24) is 4.98 Å². The minimum absolute atomic E-state index is 0.161. The lowest BCUT2D eigenvalue weighted by Crippen LogP contribution is -2.29. The Morgan fingerprint density at radius 2 is 2.20 bits per heavy atom. The van der Waals surface area contributed by atoms with Gasteiger partial charge >= 0.3 is 5.97 Å². The minimum Gasteiger partial charge on any atom is -0.481 e. The van der Waals surface area contributed by atoms with Crippen LogP contribution in [0.3, 0.4) is 0 Å². The highest BCUT2D eigenvalue weighted by molar-refractivity contribution is 14.1. The highest BCUT2D eigenvalue weighted by Gasteiger charge is 2.37. The predicted octanol–water partition coefficient (Wildman–Crippen LogP) is 3.03. The summed E-state index contributed by atoms with van der Waals surface area (Å²) in [4.78, 5) is 14.8. The van der Waals surface area contributed by atoms with Crippen LogP contribution in [-0.2, 0) is 4.79 Å². The van der Waals surface area contributed by atoms with Gasteiger partial charge in [-0.15, -0.1) is 0 Å². The number of aliphatic carboxylic acids is 1. The third-order valence-electron chi connectivity index (χ3n) is 2.79. The number of hydrogen-bond acceptors (Lipinski definition) is 2. The second-order valence-corrected chi connectivity index (χ2v) is 5.74. The van der Waals surface area contributed by atoms with Crippen LogP contribution >= 0.6 is 38.5 Å². The smallest absolute Gasteiger partial charge is 0.306 e. The van der Waals surface area contributed by atoms with Gasteiger partial charge in [-0.25, -0.2) is 0 Å². The normalized spacial score (nSPS) is 24.7. The first kappa shape index (κ1) is 11.3. The van der Waals surface area contributed by atoms with E-state index in [1.54, 1.807) is 6.20 Å². The molecule has 1 aliphatic rings. The molecule has 0 aromatic carbocycles. The molecule has 0 aliphatic heterocycles. The Balaban J connectivity index is 2.16. The van der Waals surface area contributed by atoms with Crippen LogP contribution in [0.1, 0.15) is 24.3 Å². The van der Waals surface area contributed by atoms with Gasteiger partial charge < -0.3 is 5.11 Å². The summed E-state index contributed by atoms with van der Waals surface area (Å²) in [6.07, 6.45) is 5.07. The van der Waals surface area contributed by atoms with E-state index in [1.165, 1.54) is 5.56 Å². The molecule has 1 N–H and O–H groups in total. The van der Waals surface area contributed by atoms with Crippen LogP contribution in [0.2, 0.25) is 0 Å². The second-order valence-electron chi connectivity index (χ2n) is 3.72. The average Bonchev–Trinajstić information content (AvgIpc) is 2.06. The van der Waals surface area contributed by atoms with E-state index in [0.29, 0.717) is 5.92 Å². The second kappa shape index (κ2) is 4.37. The van der Waals surface area contributed by atoms with Gasteiger partial charge in [0.15, 0.2) is 0 Å². The molecule has 0 saturated heterocycles. The molecule has 1 fully saturated rings. The van der Waals surface area contributed by atoms with Crippen molar-refractivity contribution in [2.45, 2.75) is 18.8 Å². The van der Waals surface area contributed by atoms with Crippen LogP contribution in [0.5, 0.6) is 0 Å². The molecule has 2 rings (SSSR count). The molecule has 1 saturated carbocycles. The van der Waals surface area contributed by atoms with Crippen LogP contribution in [0.25, 0.3) is 0 Å². The van der Waals surface area contributed by atoms with Crippen molar-refractivity contribution in [1.29, 1.82) is 0 Å². The molecule has 1 aromatic rings. The molecular formula is C10H9BrINO2. The van der Waals surface area contributed by atoms with E-state index in [0.717, 1.165) is 20.9 Å². The van der Waals surface area contributed by atoms with Gasteiger partial charge in [-0.05, 0) is 62.8 Å². The maximum absolute atomic E-state index is 10.7. The number of halogens is 2. The molecule has 0 unspecified atom stereocenters. The average molecular weight is 382 g/mol. The lowest BCUT2D eigenvalue weighted by Gasteiger charge is -2.33. The first-order valence-corrected chi connectivity index (χ1v) is 6.48. The topological polar surface area (TPSA) is 50.2 Å². The Bertz CT molecular complexity index is 384. The van der Waals surface area contributed by atoms with E-state index >= 15 is 0 Å². The third kappa shape index (κ3) is 2.18. The summed E-state index contributed by atoms with van der Waals surface area (Å²) in [6, 6.07) is 0. The van der Waals surface area contributed by atoms with Crippen molar-refractivity contribution in [2.75, 3.05) is 0 Å². The molecule has 0 amide bonds. The van der Waals surface area contributed by atoms with E-state index in [1.807, 2.05) is 6.20 Å². The monoisotopic (exact) mass is 381 g/mol. The number of rotatable bonds is 2. The molecule has 0 atom stereocenters. The Morgan fingerprint density at radius 3 is 2.73 bits per heavy atom. The summed E-state index contributed by atoms with van der Waals surface area (Å²) in [7, 11) is 0. The lowest BCUT2D eigenvalue weighted by atomic mass is 9.72. The quantitative estimate of drug-likeness (QED) is 0.801. The van der Waals surface area contributed by atoms with Gasteiger partial charge in [0.2, 0.25) is 0 Å². The van der Waals surface area contributed by atoms with Crippen molar-refractivity contribution in [2.24, 2.45) is 5.92 Å². The van der Waals surface area contributed by atoms with E-state index in [4.69, 9.17) is 5.11 Å². The number of pyridine rings is 1. The Hall–Kier alpha value is -0.170. The summed E-state index contributed by atoms with van der Waals surface area (Å²) in [6.45, 7) is 0. The van der Waals surface area contributed by atoms with Crippen LogP contribution in [0, 0.1) is 9.49 Å². The van der Waals surface area contributed by atoms with E-state index < -0.39 is 5.97 Å². The van der Waals surface area contributed by atoms with Gasteiger partial charge in [0.05, 0.1) is 5.92 Å². The number of nitrogens with zero attached hydrogens (tertiary/aromatic N) is 1. The summed E-state index contributed by atoms with van der Waals surface area (Å²) < 4.78 is 2.10. The van der Waals surface area contributed by atoms with Gasteiger partial charge in [-0.2, -0.15) is 0 Å². The van der Waals surface area contributed by atoms with Crippen LogP contribution in [-0.4, -0.2) is 16.1 Å². The lowest BCUT2D eigenvalue weighted by molar-refractivity contribution is -0.145. The molecule has 1 aromatic heterocycles. The van der Waals surface area contributed by atoms with Gasteiger partial charge in [0.1, 0.15) is 0 Å². The summed E-state index contributed by atoms with van der Waals surface area (Å²) in [5, 5.41) is 8.81. The molecule has 5 heteroatoms. The number of aromatic nitrogens is 1. The Morgan fingerprint density at radius 1 is 1.53 bits per heavy atom. The number of carboxylic acid groups (broad SMARTS) is 1. The van der Waals surface area contributed by atoms with Crippen molar-refractivity contribution >= 4 is 44.5 Å². The highest BCUT2D eigenvalue weighted by atomic mass is 127. The maximum Gasteiger partial charge on any atom is 0.306 e. The predicted molar refractivity (Wildman–Crippen MR) is 67.8 cm³/mol. The molecule has 15 heavy (non-hydrogen) atoms. The fourth-order valence-corrected chi connectivity index (χ4v) is 3.78. The summed E-state index contributed by atoms with van der Waals surface area (Å²) >= 11 is 5.71. The van der Waals surface area contributed by atoms with E-state index in [9.17, 15) is 4.79 Å². The van der Waals surface area contributed by atoms with Gasteiger partial charge in [0, 0.05) is 20.4 Å². The first-order chi connectivity index (χ1) is 7.09. The van der Waals surface area contributed by atoms with Crippen LogP contribution < -0.4 is 0 Å². The first-order valence-electron chi connectivity index (χ1n) is 4.61. The van der Waals surface area contributed by atoms with Gasteiger partial charge in [-0.3, -0.25) is 9.78 Å². The summed E-state index contributed by atoms with van der Waals surface area (Å²) in [5.41, 5.74) is 1.21. The Labute approximate surface area is 110 Å². The van der Waals surface area contributed by atoms with Crippen molar-refractivity contribution in [3.05, 3.63) is 26.0 Å².